The predicted octanol–water partition coefficient (Wildman–Crippen LogP) is 2.34. The maximum absolute atomic E-state index is 12.3. The molecule has 0 saturated carbocycles. The largest absolute Gasteiger partial charge is 0.462 e. The molecule has 1 atom stereocenters. The van der Waals surface area contributed by atoms with Crippen LogP contribution >= 0.6 is 12.4 Å². The van der Waals surface area contributed by atoms with E-state index in [0.717, 1.165) is 31.5 Å². The van der Waals surface area contributed by atoms with Crippen LogP contribution < -0.4 is 10.6 Å². The lowest BCUT2D eigenvalue weighted by atomic mass is 10.1. The molecule has 1 amide bonds. The van der Waals surface area contributed by atoms with Crippen molar-refractivity contribution in [2.24, 2.45) is 0 Å². The molecule has 3 rings (SSSR count). The van der Waals surface area contributed by atoms with Gasteiger partial charge in [-0.1, -0.05) is 12.1 Å². The molecule has 1 aliphatic heterocycles. The number of carbonyl (C=O) groups is 2. The summed E-state index contributed by atoms with van der Waals surface area (Å²) in [6.45, 7) is 4.42. The summed E-state index contributed by atoms with van der Waals surface area (Å²) >= 11 is 0. The van der Waals surface area contributed by atoms with Crippen molar-refractivity contribution >= 4 is 24.3 Å². The summed E-state index contributed by atoms with van der Waals surface area (Å²) in [5, 5.41) is 10.6. The van der Waals surface area contributed by atoms with E-state index in [1.807, 2.05) is 10.9 Å². The van der Waals surface area contributed by atoms with Crippen LogP contribution in [0.4, 0.5) is 0 Å². The fourth-order valence-corrected chi connectivity index (χ4v) is 2.97. The molecule has 1 unspecified atom stereocenters. The van der Waals surface area contributed by atoms with E-state index in [2.05, 4.69) is 15.7 Å². The second kappa shape index (κ2) is 10.1. The third kappa shape index (κ3) is 5.55. The molecule has 1 saturated heterocycles. The Morgan fingerprint density at radius 3 is 2.74 bits per heavy atom. The lowest BCUT2D eigenvalue weighted by Crippen LogP contribution is -2.32. The Hall–Kier alpha value is -2.38. The summed E-state index contributed by atoms with van der Waals surface area (Å²) < 4.78 is 6.82. The highest BCUT2D eigenvalue weighted by Gasteiger charge is 2.17. The SMILES string of the molecule is CCOC(=O)c1ccc(CNC(=O)c2ccn(C3CCCNC3)n2)cc1.Cl. The molecule has 146 valence electrons. The minimum absolute atomic E-state index is 0. The zero-order chi connectivity index (χ0) is 18.4. The van der Waals surface area contributed by atoms with Gasteiger partial charge in [-0.25, -0.2) is 4.79 Å². The molecule has 2 aromatic rings. The summed E-state index contributed by atoms with van der Waals surface area (Å²) in [5.74, 6) is -0.548. The van der Waals surface area contributed by atoms with Crippen molar-refractivity contribution in [3.8, 4) is 0 Å². The van der Waals surface area contributed by atoms with Crippen LogP contribution in [-0.4, -0.2) is 41.4 Å². The summed E-state index contributed by atoms with van der Waals surface area (Å²) in [5.41, 5.74) is 1.82. The fraction of sp³-hybridized carbons (Fsp3) is 0.421. The van der Waals surface area contributed by atoms with Crippen LogP contribution in [0.25, 0.3) is 0 Å². The van der Waals surface area contributed by atoms with Gasteiger partial charge in [-0.15, -0.1) is 12.4 Å². The van der Waals surface area contributed by atoms with E-state index >= 15 is 0 Å². The molecule has 1 fully saturated rings. The van der Waals surface area contributed by atoms with Crippen LogP contribution in [0, 0.1) is 0 Å². The first-order valence-electron chi connectivity index (χ1n) is 8.97. The molecule has 1 aliphatic rings. The molecule has 0 spiro atoms. The van der Waals surface area contributed by atoms with Crippen LogP contribution in [-0.2, 0) is 11.3 Å². The molecule has 0 bridgehead atoms. The zero-order valence-electron chi connectivity index (χ0n) is 15.3. The summed E-state index contributed by atoms with van der Waals surface area (Å²) in [4.78, 5) is 23.9. The normalized spacial score (nSPS) is 16.3. The molecule has 8 heteroatoms. The number of piperidine rings is 1. The number of nitrogens with one attached hydrogen (secondary N) is 2. The van der Waals surface area contributed by atoms with E-state index in [4.69, 9.17) is 4.74 Å². The number of hydrogen-bond donors (Lipinski definition) is 2. The predicted molar refractivity (Wildman–Crippen MR) is 104 cm³/mol. The molecule has 0 radical (unpaired) electrons. The van der Waals surface area contributed by atoms with Crippen molar-refractivity contribution in [1.82, 2.24) is 20.4 Å². The van der Waals surface area contributed by atoms with Crippen molar-refractivity contribution in [3.63, 3.8) is 0 Å². The molecular weight excluding hydrogens is 368 g/mol. The van der Waals surface area contributed by atoms with Gasteiger partial charge in [0.1, 0.15) is 5.69 Å². The van der Waals surface area contributed by atoms with Gasteiger partial charge in [0.25, 0.3) is 5.91 Å². The molecule has 1 aromatic heterocycles. The van der Waals surface area contributed by atoms with E-state index < -0.39 is 0 Å². The highest BCUT2D eigenvalue weighted by molar-refractivity contribution is 5.92. The van der Waals surface area contributed by atoms with Crippen LogP contribution in [0.15, 0.2) is 36.5 Å². The van der Waals surface area contributed by atoms with Gasteiger partial charge >= 0.3 is 5.97 Å². The van der Waals surface area contributed by atoms with Gasteiger partial charge < -0.3 is 15.4 Å². The quantitative estimate of drug-likeness (QED) is 0.737. The average molecular weight is 393 g/mol. The average Bonchev–Trinajstić information content (AvgIpc) is 3.18. The van der Waals surface area contributed by atoms with Gasteiger partial charge in [0.15, 0.2) is 0 Å². The minimum Gasteiger partial charge on any atom is -0.462 e. The van der Waals surface area contributed by atoms with Crippen LogP contribution in [0.2, 0.25) is 0 Å². The van der Waals surface area contributed by atoms with E-state index in [1.54, 1.807) is 37.3 Å². The lowest BCUT2D eigenvalue weighted by Gasteiger charge is -2.22. The maximum Gasteiger partial charge on any atom is 0.338 e. The van der Waals surface area contributed by atoms with Gasteiger partial charge in [-0.05, 0) is 50.1 Å². The number of halogens is 1. The Kier molecular flexibility index (Phi) is 7.82. The number of hydrogen-bond acceptors (Lipinski definition) is 5. The molecule has 27 heavy (non-hydrogen) atoms. The molecule has 0 aliphatic carbocycles. The Bertz CT molecular complexity index is 755. The van der Waals surface area contributed by atoms with Crippen molar-refractivity contribution in [2.75, 3.05) is 19.7 Å². The molecule has 2 heterocycles. The highest BCUT2D eigenvalue weighted by atomic mass is 35.5. The van der Waals surface area contributed by atoms with Gasteiger partial charge in [0, 0.05) is 19.3 Å². The third-order valence-corrected chi connectivity index (χ3v) is 4.40. The molecule has 7 nitrogen and oxygen atoms in total. The topological polar surface area (TPSA) is 85.2 Å². The number of ether oxygens (including phenoxy) is 1. The number of rotatable bonds is 6. The summed E-state index contributed by atoms with van der Waals surface area (Å²) in [6, 6.07) is 9.06. The van der Waals surface area contributed by atoms with E-state index in [1.165, 1.54) is 0 Å². The van der Waals surface area contributed by atoms with Gasteiger partial charge in [-0.2, -0.15) is 5.10 Å². The fourth-order valence-electron chi connectivity index (χ4n) is 2.97. The number of benzene rings is 1. The minimum atomic E-state index is -0.342. The second-order valence-electron chi connectivity index (χ2n) is 6.28. The van der Waals surface area contributed by atoms with Gasteiger partial charge in [-0.3, -0.25) is 9.48 Å². The van der Waals surface area contributed by atoms with Crippen LogP contribution in [0.1, 0.15) is 52.2 Å². The highest BCUT2D eigenvalue weighted by Crippen LogP contribution is 2.15. The first kappa shape index (κ1) is 20.9. The van der Waals surface area contributed by atoms with Crippen molar-refractivity contribution < 1.29 is 14.3 Å². The summed E-state index contributed by atoms with van der Waals surface area (Å²) in [6.07, 6.45) is 4.05. The number of aromatic nitrogens is 2. The number of esters is 1. The zero-order valence-corrected chi connectivity index (χ0v) is 16.1. The number of nitrogens with zero attached hydrogens (tertiary/aromatic N) is 2. The van der Waals surface area contributed by atoms with Crippen LogP contribution in [0.5, 0.6) is 0 Å². The van der Waals surface area contributed by atoms with Crippen molar-refractivity contribution in [3.05, 3.63) is 53.3 Å². The van der Waals surface area contributed by atoms with E-state index in [0.29, 0.717) is 30.5 Å². The maximum atomic E-state index is 12.3. The Labute approximate surface area is 164 Å². The Balaban J connectivity index is 0.00000261. The smallest absolute Gasteiger partial charge is 0.338 e. The number of carbonyl (C=O) groups excluding carboxylic acids is 2. The van der Waals surface area contributed by atoms with Gasteiger partial charge in [0.2, 0.25) is 0 Å². The van der Waals surface area contributed by atoms with Gasteiger partial charge in [0.05, 0.1) is 18.2 Å². The molecular formula is C19H25ClN4O3. The third-order valence-electron chi connectivity index (χ3n) is 4.40. The van der Waals surface area contributed by atoms with Crippen LogP contribution in [0.3, 0.4) is 0 Å². The van der Waals surface area contributed by atoms with Crippen molar-refractivity contribution in [1.29, 1.82) is 0 Å². The van der Waals surface area contributed by atoms with E-state index in [9.17, 15) is 9.59 Å². The standard InChI is InChI=1S/C19H24N4O3.ClH/c1-2-26-19(25)15-7-5-14(6-8-15)12-21-18(24)17-9-11-23(22-17)16-4-3-10-20-13-16;/h5-9,11,16,20H,2-4,10,12-13H2,1H3,(H,21,24);1H. The monoisotopic (exact) mass is 392 g/mol. The number of amides is 1. The lowest BCUT2D eigenvalue weighted by molar-refractivity contribution is 0.0526. The molecule has 2 N–H and O–H groups in total. The van der Waals surface area contributed by atoms with E-state index in [-0.39, 0.29) is 24.3 Å². The Morgan fingerprint density at radius 2 is 2.07 bits per heavy atom. The first-order valence-corrected chi connectivity index (χ1v) is 8.97. The molecule has 1 aromatic carbocycles. The summed E-state index contributed by atoms with van der Waals surface area (Å²) in [7, 11) is 0. The Morgan fingerprint density at radius 1 is 1.30 bits per heavy atom. The second-order valence-corrected chi connectivity index (χ2v) is 6.28. The first-order chi connectivity index (χ1) is 12.7. The van der Waals surface area contributed by atoms with Crippen molar-refractivity contribution in [2.45, 2.75) is 32.4 Å².